The molecule has 1 aromatic heterocycles. The molecular formula is C26H26N4O2S. The summed E-state index contributed by atoms with van der Waals surface area (Å²) in [4.78, 5) is 8.85. The first-order valence-electron chi connectivity index (χ1n) is 11.1. The van der Waals surface area contributed by atoms with E-state index in [0.29, 0.717) is 19.1 Å². The SMILES string of the molecule is CS(=O)(=O)N(Cc1ccccc1)Cc1cccc(-c2ccc3ncnc(NC4CC4)c3c2)c1. The van der Waals surface area contributed by atoms with E-state index in [1.807, 2.05) is 60.7 Å². The predicted octanol–water partition coefficient (Wildman–Crippen LogP) is 4.83. The fourth-order valence-electron chi connectivity index (χ4n) is 3.90. The van der Waals surface area contributed by atoms with E-state index in [0.717, 1.165) is 39.0 Å². The fraction of sp³-hybridized carbons (Fsp3) is 0.231. The minimum atomic E-state index is -3.37. The van der Waals surface area contributed by atoms with Crippen molar-refractivity contribution in [2.75, 3.05) is 11.6 Å². The van der Waals surface area contributed by atoms with E-state index in [2.05, 4.69) is 27.4 Å². The number of benzene rings is 3. The third-order valence-electron chi connectivity index (χ3n) is 5.84. The van der Waals surface area contributed by atoms with E-state index < -0.39 is 10.0 Å². The summed E-state index contributed by atoms with van der Waals surface area (Å²) in [5.41, 5.74) is 4.88. The normalized spacial score (nSPS) is 14.0. The van der Waals surface area contributed by atoms with Crippen LogP contribution in [0, 0.1) is 0 Å². The highest BCUT2D eigenvalue weighted by Crippen LogP contribution is 2.31. The summed E-state index contributed by atoms with van der Waals surface area (Å²) in [6.45, 7) is 0.653. The molecule has 0 aliphatic heterocycles. The van der Waals surface area contributed by atoms with Gasteiger partial charge in [0.05, 0.1) is 11.8 Å². The zero-order valence-electron chi connectivity index (χ0n) is 18.5. The standard InChI is InChI=1S/C26H26N4O2S/c1-33(31,32)30(16-19-6-3-2-4-7-19)17-20-8-5-9-21(14-20)22-10-13-25-24(15-22)26(28-18-27-25)29-23-11-12-23/h2-10,13-15,18,23H,11-12,16-17H2,1H3,(H,27,28,29). The highest BCUT2D eigenvalue weighted by Gasteiger charge is 2.22. The molecule has 1 aliphatic carbocycles. The molecule has 7 heteroatoms. The summed E-state index contributed by atoms with van der Waals surface area (Å²) in [5, 5.41) is 4.48. The Morgan fingerprint density at radius 1 is 0.879 bits per heavy atom. The van der Waals surface area contributed by atoms with Gasteiger partial charge in [-0.1, -0.05) is 54.6 Å². The monoisotopic (exact) mass is 458 g/mol. The van der Waals surface area contributed by atoms with Gasteiger partial charge < -0.3 is 5.32 Å². The molecule has 168 valence electrons. The average molecular weight is 459 g/mol. The summed E-state index contributed by atoms with van der Waals surface area (Å²) in [5.74, 6) is 0.867. The summed E-state index contributed by atoms with van der Waals surface area (Å²) in [6.07, 6.45) is 5.21. The fourth-order valence-corrected chi connectivity index (χ4v) is 4.67. The first kappa shape index (κ1) is 21.6. The van der Waals surface area contributed by atoms with E-state index in [-0.39, 0.29) is 0 Å². The molecule has 0 radical (unpaired) electrons. The molecule has 4 aromatic rings. The Labute approximate surface area is 194 Å². The summed E-state index contributed by atoms with van der Waals surface area (Å²) >= 11 is 0. The van der Waals surface area contributed by atoms with Crippen molar-refractivity contribution in [1.82, 2.24) is 14.3 Å². The number of fused-ring (bicyclic) bond motifs is 1. The van der Waals surface area contributed by atoms with Crippen LogP contribution in [0.1, 0.15) is 24.0 Å². The highest BCUT2D eigenvalue weighted by atomic mass is 32.2. The minimum absolute atomic E-state index is 0.312. The van der Waals surface area contributed by atoms with E-state index in [9.17, 15) is 8.42 Å². The van der Waals surface area contributed by atoms with Gasteiger partial charge in [0.2, 0.25) is 10.0 Å². The van der Waals surface area contributed by atoms with Crippen LogP contribution in [0.25, 0.3) is 22.0 Å². The second kappa shape index (κ2) is 8.92. The van der Waals surface area contributed by atoms with Gasteiger partial charge in [0.25, 0.3) is 0 Å². The van der Waals surface area contributed by atoms with Crippen LogP contribution in [-0.4, -0.2) is 35.0 Å². The molecule has 0 amide bonds. The maximum absolute atomic E-state index is 12.5. The third kappa shape index (κ3) is 5.21. The smallest absolute Gasteiger partial charge is 0.211 e. The summed E-state index contributed by atoms with van der Waals surface area (Å²) in [6, 6.07) is 24.4. The number of nitrogens with zero attached hydrogens (tertiary/aromatic N) is 3. The van der Waals surface area contributed by atoms with Gasteiger partial charge >= 0.3 is 0 Å². The lowest BCUT2D eigenvalue weighted by atomic mass is 10.0. The van der Waals surface area contributed by atoms with Gasteiger partial charge in [0, 0.05) is 24.5 Å². The van der Waals surface area contributed by atoms with Crippen LogP contribution >= 0.6 is 0 Å². The summed E-state index contributed by atoms with van der Waals surface area (Å²) < 4.78 is 26.5. The molecule has 3 aromatic carbocycles. The number of hydrogen-bond donors (Lipinski definition) is 1. The molecule has 0 unspecified atom stereocenters. The van der Waals surface area contributed by atoms with E-state index in [4.69, 9.17) is 0 Å². The molecule has 0 bridgehead atoms. The number of aromatic nitrogens is 2. The second-order valence-electron chi connectivity index (χ2n) is 8.59. The first-order valence-corrected chi connectivity index (χ1v) is 12.9. The van der Waals surface area contributed by atoms with Crippen molar-refractivity contribution in [2.45, 2.75) is 32.0 Å². The number of anilines is 1. The molecule has 33 heavy (non-hydrogen) atoms. The zero-order chi connectivity index (χ0) is 22.8. The van der Waals surface area contributed by atoms with Crippen molar-refractivity contribution in [3.05, 3.63) is 90.3 Å². The Bertz CT molecular complexity index is 1390. The van der Waals surface area contributed by atoms with Crippen molar-refractivity contribution in [2.24, 2.45) is 0 Å². The van der Waals surface area contributed by atoms with Crippen LogP contribution in [0.5, 0.6) is 0 Å². The Morgan fingerprint density at radius 3 is 2.36 bits per heavy atom. The van der Waals surface area contributed by atoms with Gasteiger partial charge in [-0.3, -0.25) is 0 Å². The molecule has 1 N–H and O–H groups in total. The van der Waals surface area contributed by atoms with Crippen LogP contribution in [-0.2, 0) is 23.1 Å². The molecule has 0 spiro atoms. The number of hydrogen-bond acceptors (Lipinski definition) is 5. The maximum atomic E-state index is 12.5. The van der Waals surface area contributed by atoms with Crippen LogP contribution < -0.4 is 5.32 Å². The molecule has 0 saturated heterocycles. The second-order valence-corrected chi connectivity index (χ2v) is 10.6. The summed E-state index contributed by atoms with van der Waals surface area (Å²) in [7, 11) is -3.37. The van der Waals surface area contributed by atoms with Gasteiger partial charge in [0.1, 0.15) is 12.1 Å². The number of rotatable bonds is 8. The quantitative estimate of drug-likeness (QED) is 0.409. The third-order valence-corrected chi connectivity index (χ3v) is 7.04. The van der Waals surface area contributed by atoms with Gasteiger partial charge in [-0.05, 0) is 53.3 Å². The largest absolute Gasteiger partial charge is 0.367 e. The molecule has 6 nitrogen and oxygen atoms in total. The van der Waals surface area contributed by atoms with Crippen molar-refractivity contribution in [3.63, 3.8) is 0 Å². The first-order chi connectivity index (χ1) is 16.0. The van der Waals surface area contributed by atoms with Gasteiger partial charge in [0.15, 0.2) is 0 Å². The highest BCUT2D eigenvalue weighted by molar-refractivity contribution is 7.88. The van der Waals surface area contributed by atoms with Crippen LogP contribution in [0.3, 0.4) is 0 Å². The van der Waals surface area contributed by atoms with Crippen LogP contribution in [0.4, 0.5) is 5.82 Å². The topological polar surface area (TPSA) is 75.2 Å². The molecule has 1 fully saturated rings. The van der Waals surface area contributed by atoms with Crippen molar-refractivity contribution in [1.29, 1.82) is 0 Å². The Balaban J connectivity index is 1.44. The lowest BCUT2D eigenvalue weighted by Gasteiger charge is -2.20. The lowest BCUT2D eigenvalue weighted by Crippen LogP contribution is -2.29. The van der Waals surface area contributed by atoms with E-state index in [1.165, 1.54) is 23.4 Å². The molecule has 1 saturated carbocycles. The molecule has 5 rings (SSSR count). The Kier molecular flexibility index (Phi) is 5.83. The van der Waals surface area contributed by atoms with Crippen molar-refractivity contribution < 1.29 is 8.42 Å². The van der Waals surface area contributed by atoms with E-state index in [1.54, 1.807) is 6.33 Å². The minimum Gasteiger partial charge on any atom is -0.367 e. The molecular weight excluding hydrogens is 432 g/mol. The average Bonchev–Trinajstić information content (AvgIpc) is 3.63. The van der Waals surface area contributed by atoms with Gasteiger partial charge in [-0.2, -0.15) is 4.31 Å². The Hall–Kier alpha value is -3.29. The van der Waals surface area contributed by atoms with Gasteiger partial charge in [-0.15, -0.1) is 0 Å². The van der Waals surface area contributed by atoms with Crippen molar-refractivity contribution >= 4 is 26.7 Å². The zero-order valence-corrected chi connectivity index (χ0v) is 19.3. The van der Waals surface area contributed by atoms with Crippen molar-refractivity contribution in [3.8, 4) is 11.1 Å². The Morgan fingerprint density at radius 2 is 1.61 bits per heavy atom. The van der Waals surface area contributed by atoms with Crippen LogP contribution in [0.15, 0.2) is 79.1 Å². The molecule has 0 atom stereocenters. The number of nitrogens with one attached hydrogen (secondary N) is 1. The molecule has 1 heterocycles. The van der Waals surface area contributed by atoms with E-state index >= 15 is 0 Å². The maximum Gasteiger partial charge on any atom is 0.211 e. The van der Waals surface area contributed by atoms with Crippen LogP contribution in [0.2, 0.25) is 0 Å². The van der Waals surface area contributed by atoms with Gasteiger partial charge in [-0.25, -0.2) is 18.4 Å². The predicted molar refractivity (Wildman–Crippen MR) is 132 cm³/mol. The number of sulfonamides is 1. The molecule has 1 aliphatic rings. The lowest BCUT2D eigenvalue weighted by molar-refractivity contribution is 0.405.